The van der Waals surface area contributed by atoms with Gasteiger partial charge >= 0.3 is 76.0 Å². The number of aromatic nitrogens is 2. The van der Waals surface area contributed by atoms with Crippen LogP contribution < -0.4 is 0 Å². The molecule has 2 aliphatic heterocycles. The Morgan fingerprint density at radius 2 is 0.726 bits per heavy atom. The van der Waals surface area contributed by atoms with Gasteiger partial charge in [-0.05, 0) is 73.5 Å². The van der Waals surface area contributed by atoms with Crippen LogP contribution in [0, 0.1) is 37.6 Å². The number of rotatable bonds is 12. The first-order valence-electron chi connectivity index (χ1n) is 21.7. The Bertz CT molecular complexity index is 2490. The summed E-state index contributed by atoms with van der Waals surface area (Å²) < 4.78 is 115. The SMILES string of the molecule is CCCCN1C=CN(CN2C=CN(CCCC)[CH-]2)[CH-]1.O=S(=O)(O)C(F)(F)F.O=S(=O)(O)C(F)(F)F.[Au+3].[Au+3].[c-]1ccccc1-c1cccc(-c2[c-]cccc2)n1.[c-]1ccccc1-c1cccc(-c2[c-]cccc2)n1. The molecule has 0 saturated carbocycles. The smallest absolute Gasteiger partial charge is 0.508 e. The minimum Gasteiger partial charge on any atom is -0.508 e. The molecule has 0 amide bonds. The van der Waals surface area contributed by atoms with E-state index in [1.807, 2.05) is 133 Å². The molecule has 4 aromatic carbocycles. The van der Waals surface area contributed by atoms with Crippen molar-refractivity contribution in [2.45, 2.75) is 50.5 Å². The van der Waals surface area contributed by atoms with Gasteiger partial charge in [-0.25, -0.2) is 0 Å². The zero-order chi connectivity index (χ0) is 51.9. The fourth-order valence-electron chi connectivity index (χ4n) is 5.86. The van der Waals surface area contributed by atoms with Crippen molar-refractivity contribution < 1.29 is 97.0 Å². The number of halogens is 6. The summed E-state index contributed by atoms with van der Waals surface area (Å²) in [6.07, 6.45) is 13.6. The maximum atomic E-state index is 10.7. The Morgan fingerprint density at radius 1 is 0.466 bits per heavy atom. The van der Waals surface area contributed by atoms with Crippen LogP contribution in [0.25, 0.3) is 45.0 Å². The molecular weight excluding hydrogens is 1360 g/mol. The maximum absolute atomic E-state index is 10.7. The molecule has 6 aromatic rings. The Hall–Kier alpha value is -5.26. The van der Waals surface area contributed by atoms with Crippen LogP contribution in [-0.2, 0) is 65.0 Å². The van der Waals surface area contributed by atoms with Gasteiger partial charge in [-0.2, -0.15) is 56.5 Å². The van der Waals surface area contributed by atoms with Crippen molar-refractivity contribution >= 4 is 20.2 Å². The topological polar surface area (TPSA) is 147 Å². The minimum atomic E-state index is -5.84. The molecule has 0 radical (unpaired) electrons. The summed E-state index contributed by atoms with van der Waals surface area (Å²) in [5.41, 5.74) is -3.29. The predicted molar refractivity (Wildman–Crippen MR) is 259 cm³/mol. The molecule has 0 unspecified atom stereocenters. The zero-order valence-electron chi connectivity index (χ0n) is 39.0. The monoisotopic (exact) mass is 1410 g/mol. The summed E-state index contributed by atoms with van der Waals surface area (Å²) in [5.74, 6) is 0. The molecule has 73 heavy (non-hydrogen) atoms. The summed E-state index contributed by atoms with van der Waals surface area (Å²) in [6.45, 7) is 12.0. The summed E-state index contributed by atoms with van der Waals surface area (Å²) >= 11 is 0. The third kappa shape index (κ3) is 22.8. The van der Waals surface area contributed by atoms with Gasteiger partial charge in [0.05, 0.1) is 0 Å². The third-order valence-corrected chi connectivity index (χ3v) is 10.6. The second kappa shape index (κ2) is 31.5. The van der Waals surface area contributed by atoms with Crippen LogP contribution in [-0.4, -0.2) is 86.3 Å². The van der Waals surface area contributed by atoms with Gasteiger partial charge in [0.1, 0.15) is 0 Å². The second-order valence-corrected chi connectivity index (χ2v) is 17.8. The van der Waals surface area contributed by atoms with Gasteiger partial charge in [-0.3, -0.25) is 9.11 Å². The number of nitrogens with zero attached hydrogens (tertiary/aromatic N) is 6. The first-order valence-corrected chi connectivity index (χ1v) is 24.6. The molecule has 2 N–H and O–H groups in total. The van der Waals surface area contributed by atoms with Crippen LogP contribution in [0.4, 0.5) is 26.3 Å². The van der Waals surface area contributed by atoms with E-state index in [9.17, 15) is 26.3 Å². The molecule has 8 rings (SSSR count). The summed E-state index contributed by atoms with van der Waals surface area (Å²) in [6, 6.07) is 56.3. The molecule has 2 aliphatic rings. The average molecular weight is 1420 g/mol. The van der Waals surface area contributed by atoms with E-state index in [-0.39, 0.29) is 44.8 Å². The number of alkyl halides is 6. The molecule has 0 bridgehead atoms. The largest absolute Gasteiger partial charge is 3.00 e. The molecule has 0 aliphatic carbocycles. The van der Waals surface area contributed by atoms with Crippen molar-refractivity contribution in [2.24, 2.45) is 0 Å². The number of hydrogen-bond acceptors (Lipinski definition) is 10. The van der Waals surface area contributed by atoms with Crippen LogP contribution >= 0.6 is 0 Å². The van der Waals surface area contributed by atoms with E-state index in [4.69, 9.17) is 25.9 Å². The van der Waals surface area contributed by atoms with Crippen molar-refractivity contribution in [3.63, 3.8) is 0 Å². The Kier molecular flexibility index (Phi) is 27.5. The third-order valence-electron chi connectivity index (χ3n) is 9.38. The van der Waals surface area contributed by atoms with Gasteiger partial charge in [0, 0.05) is 6.67 Å². The van der Waals surface area contributed by atoms with Gasteiger partial charge in [0.15, 0.2) is 0 Å². The van der Waals surface area contributed by atoms with Crippen molar-refractivity contribution in [3.8, 4) is 45.0 Å². The fourth-order valence-corrected chi connectivity index (χ4v) is 5.86. The van der Waals surface area contributed by atoms with Crippen molar-refractivity contribution in [1.29, 1.82) is 0 Å². The molecule has 22 heteroatoms. The van der Waals surface area contributed by atoms with E-state index >= 15 is 0 Å². The van der Waals surface area contributed by atoms with Gasteiger partial charge in [-0.15, -0.1) is 144 Å². The quantitative estimate of drug-likeness (QED) is 0.0395. The van der Waals surface area contributed by atoms with E-state index in [1.54, 1.807) is 0 Å². The summed E-state index contributed by atoms with van der Waals surface area (Å²) in [5, 5.41) is 0. The van der Waals surface area contributed by atoms with Crippen LogP contribution in [0.3, 0.4) is 0 Å². The van der Waals surface area contributed by atoms with E-state index in [2.05, 4.69) is 106 Å². The van der Waals surface area contributed by atoms with Crippen LogP contribution in [0.15, 0.2) is 158 Å². The second-order valence-electron chi connectivity index (χ2n) is 14.9. The summed E-state index contributed by atoms with van der Waals surface area (Å²) in [4.78, 5) is 18.3. The molecule has 0 spiro atoms. The van der Waals surface area contributed by atoms with Crippen LogP contribution in [0.1, 0.15) is 39.5 Å². The molecule has 4 heterocycles. The number of hydrogen-bond donors (Lipinski definition) is 2. The molecule has 0 fully saturated rings. The zero-order valence-corrected chi connectivity index (χ0v) is 45.0. The first kappa shape index (κ1) is 63.9. The van der Waals surface area contributed by atoms with Crippen LogP contribution in [0.2, 0.25) is 0 Å². The van der Waals surface area contributed by atoms with E-state index in [0.717, 1.165) is 64.8 Å². The van der Waals surface area contributed by atoms with Gasteiger partial charge in [0.25, 0.3) is 0 Å². The van der Waals surface area contributed by atoms with Crippen molar-refractivity contribution in [2.75, 3.05) is 19.8 Å². The van der Waals surface area contributed by atoms with Crippen molar-refractivity contribution in [3.05, 3.63) is 196 Å². The fraction of sp³-hybridized carbons (Fsp3) is 0.216. The van der Waals surface area contributed by atoms with Gasteiger partial charge in [0.2, 0.25) is 0 Å². The van der Waals surface area contributed by atoms with E-state index < -0.39 is 31.3 Å². The van der Waals surface area contributed by atoms with Gasteiger partial charge in [-0.1, -0.05) is 63.1 Å². The molecular formula is C51H50Au2F6N6O6S2. The first-order chi connectivity index (χ1) is 33.7. The number of pyridine rings is 2. The normalized spacial score (nSPS) is 12.8. The predicted octanol–water partition coefficient (Wildman–Crippen LogP) is 11.8. The minimum absolute atomic E-state index is 0. The number of benzene rings is 4. The van der Waals surface area contributed by atoms with Gasteiger partial charge < -0.3 is 29.6 Å². The van der Waals surface area contributed by atoms with E-state index in [0.29, 0.717) is 0 Å². The number of unbranched alkanes of at least 4 members (excludes halogenated alkanes) is 2. The Morgan fingerprint density at radius 3 is 0.945 bits per heavy atom. The van der Waals surface area contributed by atoms with E-state index in [1.165, 1.54) is 25.7 Å². The molecule has 0 saturated heterocycles. The molecule has 396 valence electrons. The molecule has 12 nitrogen and oxygen atoms in total. The standard InChI is InChI=1S/2C17H11N.C15H26N4.2CHF3O3S.2Au/c2*1-3-8-14(9-4-1)16-12-7-13-17(18-16)15-10-5-2-6-11-15;1-3-5-7-16-9-11-18(13-16)15-19-12-10-17(14-19)8-6-4-2;2*2-1(3,4)8(5,6)7;;/h2*1-8,10,12-13H;9-14H,3-8,15H2,1-2H3;2*(H,5,6,7);;/q3*-2;;;2*+3. The Balaban J connectivity index is 0.000000324. The average Bonchev–Trinajstić information content (AvgIpc) is 4.02. The molecule has 0 atom stereocenters. The van der Waals surface area contributed by atoms with Crippen LogP contribution in [0.5, 0.6) is 0 Å². The summed E-state index contributed by atoms with van der Waals surface area (Å²) in [7, 11) is -11.7. The molecule has 2 aromatic heterocycles. The van der Waals surface area contributed by atoms with Crippen molar-refractivity contribution in [1.82, 2.24) is 29.6 Å². The maximum Gasteiger partial charge on any atom is 3.00 e. The Labute approximate surface area is 455 Å².